The van der Waals surface area contributed by atoms with Crippen molar-refractivity contribution in [3.63, 3.8) is 0 Å². The maximum Gasteiger partial charge on any atom is 0.191 e. The monoisotopic (exact) mass is 377 g/mol. The SMILES string of the molecule is CCNC(=NCCCc1ccc(OC)c(OCC)c1)NCCOCC1CC1. The van der Waals surface area contributed by atoms with Gasteiger partial charge in [0.1, 0.15) is 0 Å². The van der Waals surface area contributed by atoms with Crippen LogP contribution >= 0.6 is 0 Å². The summed E-state index contributed by atoms with van der Waals surface area (Å²) in [5, 5.41) is 6.61. The van der Waals surface area contributed by atoms with Crippen LogP contribution in [0.4, 0.5) is 0 Å². The molecule has 0 bridgehead atoms. The van der Waals surface area contributed by atoms with Crippen molar-refractivity contribution in [2.75, 3.05) is 46.6 Å². The van der Waals surface area contributed by atoms with Crippen molar-refractivity contribution >= 4 is 5.96 Å². The van der Waals surface area contributed by atoms with Crippen LogP contribution in [0.1, 0.15) is 38.7 Å². The summed E-state index contributed by atoms with van der Waals surface area (Å²) in [6.45, 7) is 8.73. The van der Waals surface area contributed by atoms with E-state index in [1.807, 2.05) is 13.0 Å². The molecule has 1 saturated carbocycles. The van der Waals surface area contributed by atoms with Crippen LogP contribution in [0.25, 0.3) is 0 Å². The van der Waals surface area contributed by atoms with Crippen LogP contribution < -0.4 is 20.1 Å². The molecule has 0 aliphatic heterocycles. The topological polar surface area (TPSA) is 64.1 Å². The zero-order chi connectivity index (χ0) is 19.3. The smallest absolute Gasteiger partial charge is 0.191 e. The van der Waals surface area contributed by atoms with E-state index in [4.69, 9.17) is 14.2 Å². The molecule has 152 valence electrons. The van der Waals surface area contributed by atoms with E-state index in [-0.39, 0.29) is 0 Å². The van der Waals surface area contributed by atoms with E-state index in [2.05, 4.69) is 34.7 Å². The van der Waals surface area contributed by atoms with E-state index >= 15 is 0 Å². The zero-order valence-corrected chi connectivity index (χ0v) is 17.1. The minimum atomic E-state index is 0.631. The summed E-state index contributed by atoms with van der Waals surface area (Å²) in [7, 11) is 1.67. The molecule has 0 amide bonds. The van der Waals surface area contributed by atoms with Crippen molar-refractivity contribution in [1.82, 2.24) is 10.6 Å². The summed E-state index contributed by atoms with van der Waals surface area (Å²) in [5.41, 5.74) is 1.24. The number of aliphatic imine (C=N–C) groups is 1. The molecule has 1 fully saturated rings. The molecule has 1 aliphatic rings. The van der Waals surface area contributed by atoms with Crippen molar-refractivity contribution in [2.45, 2.75) is 39.5 Å². The molecule has 0 atom stereocenters. The Bertz CT molecular complexity index is 574. The Hall–Kier alpha value is -1.95. The molecule has 0 heterocycles. The predicted molar refractivity (Wildman–Crippen MR) is 110 cm³/mol. The van der Waals surface area contributed by atoms with Gasteiger partial charge in [-0.2, -0.15) is 0 Å². The maximum absolute atomic E-state index is 5.65. The largest absolute Gasteiger partial charge is 0.493 e. The van der Waals surface area contributed by atoms with Gasteiger partial charge in [0.15, 0.2) is 17.5 Å². The Morgan fingerprint density at radius 1 is 1.19 bits per heavy atom. The first kappa shape index (κ1) is 21.4. The first-order chi connectivity index (χ1) is 13.3. The van der Waals surface area contributed by atoms with Gasteiger partial charge in [-0.1, -0.05) is 6.07 Å². The van der Waals surface area contributed by atoms with Crippen LogP contribution in [0.3, 0.4) is 0 Å². The van der Waals surface area contributed by atoms with Gasteiger partial charge in [0.2, 0.25) is 0 Å². The first-order valence-electron chi connectivity index (χ1n) is 10.2. The fraction of sp³-hybridized carbons (Fsp3) is 0.667. The lowest BCUT2D eigenvalue weighted by Crippen LogP contribution is -2.39. The fourth-order valence-electron chi connectivity index (χ4n) is 2.74. The highest BCUT2D eigenvalue weighted by molar-refractivity contribution is 5.79. The van der Waals surface area contributed by atoms with Gasteiger partial charge in [-0.3, -0.25) is 4.99 Å². The molecule has 27 heavy (non-hydrogen) atoms. The lowest BCUT2D eigenvalue weighted by Gasteiger charge is -2.12. The van der Waals surface area contributed by atoms with Gasteiger partial charge in [0.05, 0.1) is 20.3 Å². The molecular formula is C21H35N3O3. The first-order valence-corrected chi connectivity index (χ1v) is 10.2. The minimum Gasteiger partial charge on any atom is -0.493 e. The predicted octanol–water partition coefficient (Wildman–Crippen LogP) is 3.01. The molecule has 1 aliphatic carbocycles. The number of hydrogen-bond donors (Lipinski definition) is 2. The van der Waals surface area contributed by atoms with Crippen molar-refractivity contribution in [1.29, 1.82) is 0 Å². The number of methoxy groups -OCH3 is 1. The Morgan fingerprint density at radius 2 is 2.04 bits per heavy atom. The van der Waals surface area contributed by atoms with Crippen LogP contribution in [-0.2, 0) is 11.2 Å². The zero-order valence-electron chi connectivity index (χ0n) is 17.1. The highest BCUT2D eigenvalue weighted by Gasteiger charge is 2.20. The van der Waals surface area contributed by atoms with Crippen LogP contribution in [0, 0.1) is 5.92 Å². The lowest BCUT2D eigenvalue weighted by molar-refractivity contribution is 0.129. The standard InChI is InChI=1S/C21H35N3O3/c1-4-22-21(24-13-14-26-16-18-8-9-18)23-12-6-7-17-10-11-19(25-3)20(15-17)27-5-2/h10-11,15,18H,4-9,12-14,16H2,1-3H3,(H2,22,23,24). The Labute approximate surface area is 163 Å². The van der Waals surface area contributed by atoms with Crippen LogP contribution in [0.2, 0.25) is 0 Å². The van der Waals surface area contributed by atoms with E-state index in [0.717, 1.165) is 69.1 Å². The van der Waals surface area contributed by atoms with Gasteiger partial charge in [-0.15, -0.1) is 0 Å². The second-order valence-electron chi connectivity index (χ2n) is 6.73. The summed E-state index contributed by atoms with van der Waals surface area (Å²) >= 11 is 0. The summed E-state index contributed by atoms with van der Waals surface area (Å²) < 4.78 is 16.6. The lowest BCUT2D eigenvalue weighted by atomic mass is 10.1. The Balaban J connectivity index is 1.71. The van der Waals surface area contributed by atoms with E-state index in [1.54, 1.807) is 7.11 Å². The molecule has 6 nitrogen and oxygen atoms in total. The minimum absolute atomic E-state index is 0.631. The molecule has 2 N–H and O–H groups in total. The molecule has 2 rings (SSSR count). The van der Waals surface area contributed by atoms with Gasteiger partial charge in [-0.05, 0) is 63.1 Å². The second kappa shape index (κ2) is 12.4. The van der Waals surface area contributed by atoms with Gasteiger partial charge in [0.25, 0.3) is 0 Å². The van der Waals surface area contributed by atoms with Crippen molar-refractivity contribution in [3.8, 4) is 11.5 Å². The molecular weight excluding hydrogens is 342 g/mol. The number of benzene rings is 1. The average Bonchev–Trinajstić information content (AvgIpc) is 3.49. The molecule has 0 aromatic heterocycles. The maximum atomic E-state index is 5.65. The summed E-state index contributed by atoms with van der Waals surface area (Å²) in [5.74, 6) is 3.26. The summed E-state index contributed by atoms with van der Waals surface area (Å²) in [4.78, 5) is 4.65. The number of guanidine groups is 1. The Morgan fingerprint density at radius 3 is 2.74 bits per heavy atom. The molecule has 0 radical (unpaired) electrons. The molecule has 1 aromatic carbocycles. The quantitative estimate of drug-likeness (QED) is 0.314. The number of nitrogens with zero attached hydrogens (tertiary/aromatic N) is 1. The van der Waals surface area contributed by atoms with Crippen LogP contribution in [-0.4, -0.2) is 52.5 Å². The third-order valence-electron chi connectivity index (χ3n) is 4.35. The third-order valence-corrected chi connectivity index (χ3v) is 4.35. The number of hydrogen-bond acceptors (Lipinski definition) is 4. The van der Waals surface area contributed by atoms with Gasteiger partial charge in [-0.25, -0.2) is 0 Å². The van der Waals surface area contributed by atoms with E-state index in [0.29, 0.717) is 6.61 Å². The normalized spacial score (nSPS) is 14.1. The second-order valence-corrected chi connectivity index (χ2v) is 6.73. The van der Waals surface area contributed by atoms with Crippen molar-refractivity contribution < 1.29 is 14.2 Å². The van der Waals surface area contributed by atoms with E-state index in [9.17, 15) is 0 Å². The third kappa shape index (κ3) is 8.52. The molecule has 1 aromatic rings. The molecule has 6 heteroatoms. The number of rotatable bonds is 13. The van der Waals surface area contributed by atoms with Gasteiger partial charge < -0.3 is 24.8 Å². The van der Waals surface area contributed by atoms with E-state index in [1.165, 1.54) is 18.4 Å². The highest BCUT2D eigenvalue weighted by atomic mass is 16.5. The van der Waals surface area contributed by atoms with Gasteiger partial charge in [0, 0.05) is 26.2 Å². The number of ether oxygens (including phenoxy) is 3. The average molecular weight is 378 g/mol. The summed E-state index contributed by atoms with van der Waals surface area (Å²) in [6.07, 6.45) is 4.60. The molecule has 0 spiro atoms. The van der Waals surface area contributed by atoms with Crippen molar-refractivity contribution in [2.24, 2.45) is 10.9 Å². The summed E-state index contributed by atoms with van der Waals surface area (Å²) in [6, 6.07) is 6.12. The fourth-order valence-corrected chi connectivity index (χ4v) is 2.74. The Kier molecular flexibility index (Phi) is 9.84. The van der Waals surface area contributed by atoms with Crippen LogP contribution in [0.5, 0.6) is 11.5 Å². The van der Waals surface area contributed by atoms with Crippen molar-refractivity contribution in [3.05, 3.63) is 23.8 Å². The highest BCUT2D eigenvalue weighted by Crippen LogP contribution is 2.29. The number of nitrogens with one attached hydrogen (secondary N) is 2. The molecule has 0 saturated heterocycles. The molecule has 0 unspecified atom stereocenters. The van der Waals surface area contributed by atoms with Crippen LogP contribution in [0.15, 0.2) is 23.2 Å². The van der Waals surface area contributed by atoms with E-state index < -0.39 is 0 Å². The number of aryl methyl sites for hydroxylation is 1. The van der Waals surface area contributed by atoms with Gasteiger partial charge >= 0.3 is 0 Å².